The van der Waals surface area contributed by atoms with Crippen molar-refractivity contribution in [1.82, 2.24) is 0 Å². The first-order valence-corrected chi connectivity index (χ1v) is 4.53. The molecule has 68 valence electrons. The average Bonchev–Trinajstić information content (AvgIpc) is 2.02. The van der Waals surface area contributed by atoms with Gasteiger partial charge in [-0.05, 0) is 26.7 Å². The van der Waals surface area contributed by atoms with Crippen molar-refractivity contribution in [3.05, 3.63) is 25.3 Å². The van der Waals surface area contributed by atoms with E-state index in [1.807, 2.05) is 12.2 Å². The number of hydrogen-bond acceptors (Lipinski definition) is 1. The third-order valence-corrected chi connectivity index (χ3v) is 2.66. The molecular formula is C11H18O. The molecule has 1 heteroatoms. The lowest BCUT2D eigenvalue weighted by atomic mass is 9.83. The van der Waals surface area contributed by atoms with Crippen LogP contribution in [0.2, 0.25) is 0 Å². The lowest BCUT2D eigenvalue weighted by Gasteiger charge is -2.40. The molecule has 1 aliphatic heterocycles. The molecule has 0 saturated carbocycles. The van der Waals surface area contributed by atoms with Gasteiger partial charge in [0.1, 0.15) is 0 Å². The van der Waals surface area contributed by atoms with Crippen molar-refractivity contribution < 1.29 is 4.74 Å². The van der Waals surface area contributed by atoms with Crippen molar-refractivity contribution in [2.24, 2.45) is 5.92 Å². The number of ether oxygens (including phenoxy) is 1. The predicted molar refractivity (Wildman–Crippen MR) is 52.1 cm³/mol. The number of hydrogen-bond donors (Lipinski definition) is 0. The maximum absolute atomic E-state index is 5.84. The molecule has 0 aromatic carbocycles. The van der Waals surface area contributed by atoms with Crippen LogP contribution < -0.4 is 0 Å². The highest BCUT2D eigenvalue weighted by Crippen LogP contribution is 2.34. The van der Waals surface area contributed by atoms with E-state index in [0.29, 0.717) is 5.92 Å². The van der Waals surface area contributed by atoms with E-state index in [9.17, 15) is 0 Å². The van der Waals surface area contributed by atoms with Crippen LogP contribution in [0.1, 0.15) is 26.7 Å². The molecule has 1 fully saturated rings. The molecule has 1 nitrogen and oxygen atoms in total. The van der Waals surface area contributed by atoms with E-state index in [0.717, 1.165) is 12.8 Å². The van der Waals surface area contributed by atoms with Crippen molar-refractivity contribution >= 4 is 0 Å². The summed E-state index contributed by atoms with van der Waals surface area (Å²) >= 11 is 0. The van der Waals surface area contributed by atoms with Crippen molar-refractivity contribution in [2.75, 3.05) is 0 Å². The van der Waals surface area contributed by atoms with Crippen molar-refractivity contribution in [3.63, 3.8) is 0 Å². The van der Waals surface area contributed by atoms with Gasteiger partial charge in [-0.25, -0.2) is 0 Å². The molecule has 0 aromatic rings. The summed E-state index contributed by atoms with van der Waals surface area (Å²) in [5.74, 6) is 0.480. The van der Waals surface area contributed by atoms with E-state index < -0.39 is 0 Å². The molecule has 0 aliphatic carbocycles. The van der Waals surface area contributed by atoms with Gasteiger partial charge in [-0.2, -0.15) is 0 Å². The third-order valence-electron chi connectivity index (χ3n) is 2.66. The largest absolute Gasteiger partial charge is 0.368 e. The molecule has 0 amide bonds. The van der Waals surface area contributed by atoms with Gasteiger partial charge in [-0.3, -0.25) is 0 Å². The third kappa shape index (κ3) is 1.78. The second kappa shape index (κ2) is 3.44. The van der Waals surface area contributed by atoms with Crippen LogP contribution in [-0.4, -0.2) is 11.7 Å². The fourth-order valence-electron chi connectivity index (χ4n) is 1.80. The van der Waals surface area contributed by atoms with Crippen LogP contribution in [0.15, 0.2) is 25.3 Å². The van der Waals surface area contributed by atoms with Crippen LogP contribution >= 0.6 is 0 Å². The summed E-state index contributed by atoms with van der Waals surface area (Å²) in [5.41, 5.74) is -0.0706. The highest BCUT2D eigenvalue weighted by Gasteiger charge is 2.34. The predicted octanol–water partition coefficient (Wildman–Crippen LogP) is 2.93. The first kappa shape index (κ1) is 9.53. The zero-order chi connectivity index (χ0) is 9.19. The Bertz CT molecular complexity index is 181. The van der Waals surface area contributed by atoms with E-state index in [1.54, 1.807) is 0 Å². The van der Waals surface area contributed by atoms with Gasteiger partial charge in [0.2, 0.25) is 0 Å². The van der Waals surface area contributed by atoms with Gasteiger partial charge in [0, 0.05) is 5.92 Å². The molecule has 1 rings (SSSR count). The zero-order valence-electron chi connectivity index (χ0n) is 8.05. The van der Waals surface area contributed by atoms with Crippen LogP contribution in [-0.2, 0) is 4.74 Å². The van der Waals surface area contributed by atoms with Gasteiger partial charge in [0.25, 0.3) is 0 Å². The summed E-state index contributed by atoms with van der Waals surface area (Å²) in [6.45, 7) is 11.8. The lowest BCUT2D eigenvalue weighted by Crippen LogP contribution is -2.41. The molecule has 12 heavy (non-hydrogen) atoms. The smallest absolute Gasteiger partial charge is 0.0761 e. The monoisotopic (exact) mass is 166 g/mol. The maximum Gasteiger partial charge on any atom is 0.0761 e. The Kier molecular flexibility index (Phi) is 2.73. The van der Waals surface area contributed by atoms with E-state index in [4.69, 9.17) is 4.74 Å². The molecule has 1 heterocycles. The first-order chi connectivity index (χ1) is 5.60. The minimum absolute atomic E-state index is 0.0706. The fourth-order valence-corrected chi connectivity index (χ4v) is 1.80. The molecule has 0 radical (unpaired) electrons. The molecule has 0 spiro atoms. The Balaban J connectivity index is 2.66. The lowest BCUT2D eigenvalue weighted by molar-refractivity contribution is -0.110. The second-order valence-electron chi connectivity index (χ2n) is 3.92. The summed E-state index contributed by atoms with van der Waals surface area (Å²) in [5, 5.41) is 0. The molecule has 2 unspecified atom stereocenters. The minimum Gasteiger partial charge on any atom is -0.368 e. The molecular weight excluding hydrogens is 148 g/mol. The molecule has 2 atom stereocenters. The normalized spacial score (nSPS) is 34.2. The summed E-state index contributed by atoms with van der Waals surface area (Å²) in [6, 6.07) is 0. The van der Waals surface area contributed by atoms with Crippen molar-refractivity contribution in [2.45, 2.75) is 38.4 Å². The molecule has 0 N–H and O–H groups in total. The highest BCUT2D eigenvalue weighted by atomic mass is 16.5. The van der Waals surface area contributed by atoms with Crippen molar-refractivity contribution in [3.8, 4) is 0 Å². The fraction of sp³-hybridized carbons (Fsp3) is 0.636. The van der Waals surface area contributed by atoms with Crippen LogP contribution in [0.3, 0.4) is 0 Å². The van der Waals surface area contributed by atoms with Gasteiger partial charge in [-0.1, -0.05) is 12.2 Å². The summed E-state index contributed by atoms with van der Waals surface area (Å²) in [6.07, 6.45) is 6.35. The Morgan fingerprint density at radius 3 is 2.33 bits per heavy atom. The Morgan fingerprint density at radius 2 is 1.92 bits per heavy atom. The van der Waals surface area contributed by atoms with Crippen LogP contribution in [0.5, 0.6) is 0 Å². The van der Waals surface area contributed by atoms with Crippen LogP contribution in [0.4, 0.5) is 0 Å². The molecule has 1 aliphatic rings. The summed E-state index contributed by atoms with van der Waals surface area (Å²) < 4.78 is 5.84. The maximum atomic E-state index is 5.84. The molecule has 0 bridgehead atoms. The highest BCUT2D eigenvalue weighted by molar-refractivity contribution is 4.98. The van der Waals surface area contributed by atoms with Gasteiger partial charge in [-0.15, -0.1) is 13.2 Å². The van der Waals surface area contributed by atoms with Gasteiger partial charge < -0.3 is 4.74 Å². The topological polar surface area (TPSA) is 9.23 Å². The van der Waals surface area contributed by atoms with E-state index >= 15 is 0 Å². The van der Waals surface area contributed by atoms with Crippen LogP contribution in [0.25, 0.3) is 0 Å². The first-order valence-electron chi connectivity index (χ1n) is 4.53. The zero-order valence-corrected chi connectivity index (χ0v) is 8.05. The standard InChI is InChI=1S/C11H18O/c1-5-9-7-8-10(6-2)12-11(9,3)4/h5-6,9-10H,1-2,7-8H2,3-4H3. The minimum atomic E-state index is -0.0706. The van der Waals surface area contributed by atoms with Crippen molar-refractivity contribution in [1.29, 1.82) is 0 Å². The summed E-state index contributed by atoms with van der Waals surface area (Å²) in [7, 11) is 0. The van der Waals surface area contributed by atoms with Gasteiger partial charge in [0.15, 0.2) is 0 Å². The van der Waals surface area contributed by atoms with E-state index in [1.165, 1.54) is 0 Å². The average molecular weight is 166 g/mol. The van der Waals surface area contributed by atoms with Gasteiger partial charge in [0.05, 0.1) is 11.7 Å². The SMILES string of the molecule is C=CC1CCC(C=C)C(C)(C)O1. The quantitative estimate of drug-likeness (QED) is 0.573. The Morgan fingerprint density at radius 1 is 1.25 bits per heavy atom. The molecule has 1 saturated heterocycles. The second-order valence-corrected chi connectivity index (χ2v) is 3.92. The Hall–Kier alpha value is -0.560. The van der Waals surface area contributed by atoms with Crippen LogP contribution in [0, 0.1) is 5.92 Å². The summed E-state index contributed by atoms with van der Waals surface area (Å²) in [4.78, 5) is 0. The number of rotatable bonds is 2. The van der Waals surface area contributed by atoms with E-state index in [2.05, 4.69) is 27.0 Å². The van der Waals surface area contributed by atoms with E-state index in [-0.39, 0.29) is 11.7 Å². The van der Waals surface area contributed by atoms with Gasteiger partial charge >= 0.3 is 0 Å². The molecule has 0 aromatic heterocycles. The Labute approximate surface area is 75.1 Å².